The second-order valence-corrected chi connectivity index (χ2v) is 9.38. The maximum atomic E-state index is 13.5. The summed E-state index contributed by atoms with van der Waals surface area (Å²) in [6, 6.07) is 4.11. The molecule has 9 heteroatoms. The van der Waals surface area contributed by atoms with E-state index in [4.69, 9.17) is 21.1 Å². The molecule has 3 atom stereocenters. The van der Waals surface area contributed by atoms with Crippen molar-refractivity contribution in [3.8, 4) is 5.75 Å². The van der Waals surface area contributed by atoms with Gasteiger partial charge in [0.1, 0.15) is 17.8 Å². The van der Waals surface area contributed by atoms with E-state index >= 15 is 0 Å². The van der Waals surface area contributed by atoms with Crippen LogP contribution in [-0.2, 0) is 14.3 Å². The van der Waals surface area contributed by atoms with E-state index < -0.39 is 11.9 Å². The minimum absolute atomic E-state index is 0.00656. The van der Waals surface area contributed by atoms with Crippen molar-refractivity contribution in [2.45, 2.75) is 56.0 Å². The van der Waals surface area contributed by atoms with Gasteiger partial charge >= 0.3 is 0 Å². The normalized spacial score (nSPS) is 34.3. The Labute approximate surface area is 179 Å². The number of amides is 2. The van der Waals surface area contributed by atoms with Crippen LogP contribution in [0, 0.1) is 17.7 Å². The van der Waals surface area contributed by atoms with E-state index in [2.05, 4.69) is 16.0 Å². The van der Waals surface area contributed by atoms with Crippen LogP contribution in [0.4, 0.5) is 4.39 Å². The first kappa shape index (κ1) is 20.0. The van der Waals surface area contributed by atoms with E-state index in [-0.39, 0.29) is 47.0 Å². The van der Waals surface area contributed by atoms with Crippen molar-refractivity contribution in [3.63, 3.8) is 0 Å². The Morgan fingerprint density at radius 3 is 2.80 bits per heavy atom. The third kappa shape index (κ3) is 4.00. The summed E-state index contributed by atoms with van der Waals surface area (Å²) in [5, 5.41) is 9.45. The van der Waals surface area contributed by atoms with Gasteiger partial charge in [-0.25, -0.2) is 4.39 Å². The van der Waals surface area contributed by atoms with Gasteiger partial charge in [-0.2, -0.15) is 0 Å². The molecule has 1 aromatic carbocycles. The molecular formula is C21H25ClFN3O4. The molecule has 1 aliphatic heterocycles. The van der Waals surface area contributed by atoms with Gasteiger partial charge in [-0.05, 0) is 56.1 Å². The Bertz CT molecular complexity index is 859. The summed E-state index contributed by atoms with van der Waals surface area (Å²) in [5.74, 6) is 0.252. The lowest BCUT2D eigenvalue weighted by atomic mass is 9.76. The summed E-state index contributed by atoms with van der Waals surface area (Å²) in [6.45, 7) is 0.351. The maximum Gasteiger partial charge on any atom is 0.258 e. The zero-order chi connectivity index (χ0) is 20.9. The van der Waals surface area contributed by atoms with Gasteiger partial charge in [0.05, 0.1) is 5.02 Å². The van der Waals surface area contributed by atoms with Crippen LogP contribution in [-0.4, -0.2) is 48.9 Å². The van der Waals surface area contributed by atoms with Crippen molar-refractivity contribution in [1.29, 1.82) is 0 Å². The molecule has 5 aliphatic rings. The fourth-order valence-electron chi connectivity index (χ4n) is 4.96. The molecule has 1 aromatic rings. The van der Waals surface area contributed by atoms with Gasteiger partial charge in [-0.1, -0.05) is 11.6 Å². The van der Waals surface area contributed by atoms with E-state index in [0.717, 1.165) is 31.7 Å². The van der Waals surface area contributed by atoms with Crippen LogP contribution in [0.3, 0.4) is 0 Å². The SMILES string of the molecule is O=C(COc1ccc(Cl)c(F)c1)NC12CC(C1)[C@@H](NC(=O)C1CNC(C3CC3)O1)C2. The summed E-state index contributed by atoms with van der Waals surface area (Å²) in [6.07, 6.45) is 4.29. The van der Waals surface area contributed by atoms with E-state index in [1.807, 2.05) is 0 Å². The average Bonchev–Trinajstić information content (AvgIpc) is 3.18. The smallest absolute Gasteiger partial charge is 0.258 e. The molecule has 4 saturated carbocycles. The van der Waals surface area contributed by atoms with Crippen molar-refractivity contribution in [2.24, 2.45) is 11.8 Å². The second kappa shape index (κ2) is 7.66. The molecule has 6 rings (SSSR count). The lowest BCUT2D eigenvalue weighted by molar-refractivity contribution is -0.133. The Kier molecular flexibility index (Phi) is 5.11. The Balaban J connectivity index is 1.08. The molecule has 5 fully saturated rings. The Morgan fingerprint density at radius 2 is 2.07 bits per heavy atom. The molecule has 2 amide bonds. The number of nitrogens with one attached hydrogen (secondary N) is 3. The number of rotatable bonds is 7. The van der Waals surface area contributed by atoms with E-state index in [9.17, 15) is 14.0 Å². The van der Waals surface area contributed by atoms with Gasteiger partial charge in [0, 0.05) is 24.2 Å². The molecule has 162 valence electrons. The molecule has 3 N–H and O–H groups in total. The molecule has 0 spiro atoms. The predicted molar refractivity (Wildman–Crippen MR) is 106 cm³/mol. The number of fused-ring (bicyclic) bond motifs is 1. The van der Waals surface area contributed by atoms with Gasteiger partial charge in [-0.3, -0.25) is 14.9 Å². The van der Waals surface area contributed by atoms with Gasteiger partial charge < -0.3 is 20.1 Å². The molecule has 30 heavy (non-hydrogen) atoms. The monoisotopic (exact) mass is 437 g/mol. The van der Waals surface area contributed by atoms with Gasteiger partial charge in [0.25, 0.3) is 11.8 Å². The number of hydrogen-bond donors (Lipinski definition) is 3. The van der Waals surface area contributed by atoms with Crippen molar-refractivity contribution < 1.29 is 23.5 Å². The van der Waals surface area contributed by atoms with Crippen LogP contribution in [0.2, 0.25) is 5.02 Å². The van der Waals surface area contributed by atoms with Crippen molar-refractivity contribution in [3.05, 3.63) is 29.0 Å². The predicted octanol–water partition coefficient (Wildman–Crippen LogP) is 1.74. The lowest BCUT2D eigenvalue weighted by Gasteiger charge is -2.39. The second-order valence-electron chi connectivity index (χ2n) is 8.97. The first-order chi connectivity index (χ1) is 14.4. The summed E-state index contributed by atoms with van der Waals surface area (Å²) in [7, 11) is 0. The van der Waals surface area contributed by atoms with Gasteiger partial charge in [-0.15, -0.1) is 0 Å². The largest absolute Gasteiger partial charge is 0.484 e. The van der Waals surface area contributed by atoms with Gasteiger partial charge in [0.15, 0.2) is 12.7 Å². The fraction of sp³-hybridized carbons (Fsp3) is 0.619. The number of ether oxygens (including phenoxy) is 2. The van der Waals surface area contributed by atoms with Gasteiger partial charge in [0.2, 0.25) is 0 Å². The van der Waals surface area contributed by atoms with Crippen LogP contribution in [0.25, 0.3) is 0 Å². The summed E-state index contributed by atoms with van der Waals surface area (Å²) in [5.41, 5.74) is -0.292. The molecule has 7 nitrogen and oxygen atoms in total. The molecule has 0 aromatic heterocycles. The molecule has 4 aliphatic carbocycles. The zero-order valence-corrected chi connectivity index (χ0v) is 17.2. The Hall–Kier alpha value is -1.90. The zero-order valence-electron chi connectivity index (χ0n) is 16.5. The molecular weight excluding hydrogens is 413 g/mol. The highest BCUT2D eigenvalue weighted by molar-refractivity contribution is 6.30. The van der Waals surface area contributed by atoms with E-state index in [1.165, 1.54) is 12.1 Å². The third-order valence-corrected chi connectivity index (χ3v) is 6.94. The molecule has 1 saturated heterocycles. The number of carbonyl (C=O) groups is 2. The molecule has 2 bridgehead atoms. The van der Waals surface area contributed by atoms with Crippen molar-refractivity contribution in [1.82, 2.24) is 16.0 Å². The number of benzene rings is 1. The number of hydrogen-bond acceptors (Lipinski definition) is 5. The van der Waals surface area contributed by atoms with Crippen molar-refractivity contribution in [2.75, 3.05) is 13.2 Å². The molecule has 2 unspecified atom stereocenters. The van der Waals surface area contributed by atoms with Crippen LogP contribution in [0.15, 0.2) is 18.2 Å². The summed E-state index contributed by atoms with van der Waals surface area (Å²) >= 11 is 5.64. The topological polar surface area (TPSA) is 88.7 Å². The highest BCUT2D eigenvalue weighted by atomic mass is 35.5. The number of halogens is 2. The quantitative estimate of drug-likeness (QED) is 0.604. The van der Waals surface area contributed by atoms with Crippen LogP contribution in [0.5, 0.6) is 5.75 Å². The number of carbonyl (C=O) groups excluding carboxylic acids is 2. The maximum absolute atomic E-state index is 13.5. The van der Waals surface area contributed by atoms with E-state index in [1.54, 1.807) is 0 Å². The Morgan fingerprint density at radius 1 is 1.27 bits per heavy atom. The highest BCUT2D eigenvalue weighted by Crippen LogP contribution is 2.52. The van der Waals surface area contributed by atoms with Crippen molar-refractivity contribution >= 4 is 23.4 Å². The first-order valence-electron chi connectivity index (χ1n) is 10.5. The van der Waals surface area contributed by atoms with E-state index in [0.29, 0.717) is 24.8 Å². The third-order valence-electron chi connectivity index (χ3n) is 6.64. The van der Waals surface area contributed by atoms with Crippen LogP contribution in [0.1, 0.15) is 32.1 Å². The lowest BCUT2D eigenvalue weighted by Crippen LogP contribution is -2.53. The summed E-state index contributed by atoms with van der Waals surface area (Å²) < 4.78 is 24.7. The van der Waals surface area contributed by atoms with Crippen LogP contribution < -0.4 is 20.7 Å². The minimum Gasteiger partial charge on any atom is -0.484 e. The molecule has 1 heterocycles. The first-order valence-corrected chi connectivity index (χ1v) is 10.9. The average molecular weight is 438 g/mol. The molecule has 0 radical (unpaired) electrons. The summed E-state index contributed by atoms with van der Waals surface area (Å²) in [4.78, 5) is 24.9. The standard InChI is InChI=1S/C21H25ClFN3O4/c22-14-4-3-13(5-15(14)23)29-10-18(27)26-21-6-12(7-21)16(8-21)25-19(28)17-9-24-20(30-17)11-1-2-11/h3-5,11-12,16-17,20,24H,1-2,6-10H2,(H,25,28)(H,26,27)/t12?,16-,17?,20?,21?/m0/s1. The highest BCUT2D eigenvalue weighted by Gasteiger charge is 2.57. The fourth-order valence-corrected chi connectivity index (χ4v) is 5.07. The minimum atomic E-state index is -0.589. The van der Waals surface area contributed by atoms with Crippen LogP contribution >= 0.6 is 11.6 Å².